The van der Waals surface area contributed by atoms with Crippen LogP contribution in [0.1, 0.15) is 5.56 Å². The minimum Gasteiger partial charge on any atom is -0.363 e. The Hall–Kier alpha value is -1.88. The highest BCUT2D eigenvalue weighted by molar-refractivity contribution is 6.30. The Morgan fingerprint density at radius 3 is 2.94 bits per heavy atom. The van der Waals surface area contributed by atoms with Gasteiger partial charge in [-0.2, -0.15) is 4.98 Å². The second-order valence-electron chi connectivity index (χ2n) is 3.62. The molecule has 4 nitrogen and oxygen atoms in total. The van der Waals surface area contributed by atoms with Crippen molar-refractivity contribution in [3.05, 3.63) is 46.9 Å². The predicted octanol–water partition coefficient (Wildman–Crippen LogP) is 2.92. The topological polar surface area (TPSA) is 49.8 Å². The van der Waals surface area contributed by atoms with Crippen molar-refractivity contribution < 1.29 is 4.39 Å². The maximum Gasteiger partial charge on any atom is 0.224 e. The molecule has 0 atom stereocenters. The van der Waals surface area contributed by atoms with Crippen LogP contribution in [0.5, 0.6) is 0 Å². The Morgan fingerprint density at radius 2 is 2.22 bits per heavy atom. The molecule has 2 aromatic rings. The van der Waals surface area contributed by atoms with E-state index >= 15 is 0 Å². The maximum absolute atomic E-state index is 13.4. The van der Waals surface area contributed by atoms with Crippen molar-refractivity contribution in [3.8, 4) is 0 Å². The molecule has 2 rings (SSSR count). The van der Waals surface area contributed by atoms with Crippen LogP contribution >= 0.6 is 11.6 Å². The fourth-order valence-electron chi connectivity index (χ4n) is 1.44. The van der Waals surface area contributed by atoms with E-state index in [1.807, 2.05) is 18.2 Å². The number of halogens is 2. The molecule has 1 heterocycles. The first-order valence-electron chi connectivity index (χ1n) is 5.37. The van der Waals surface area contributed by atoms with Gasteiger partial charge in [-0.1, -0.05) is 23.7 Å². The Balaban J connectivity index is 2.10. The molecule has 0 aliphatic rings. The van der Waals surface area contributed by atoms with E-state index in [0.29, 0.717) is 17.5 Å². The molecular formula is C12H12ClFN4. The zero-order valence-corrected chi connectivity index (χ0v) is 10.5. The van der Waals surface area contributed by atoms with Gasteiger partial charge >= 0.3 is 0 Å². The quantitative estimate of drug-likeness (QED) is 0.893. The van der Waals surface area contributed by atoms with Crippen LogP contribution in [-0.2, 0) is 6.54 Å². The molecule has 1 aromatic heterocycles. The minimum atomic E-state index is -0.490. The smallest absolute Gasteiger partial charge is 0.224 e. The first kappa shape index (κ1) is 12.6. The SMILES string of the molecule is CNc1ncc(F)c(NCc2cccc(Cl)c2)n1. The fourth-order valence-corrected chi connectivity index (χ4v) is 1.66. The van der Waals surface area contributed by atoms with Gasteiger partial charge in [0.05, 0.1) is 6.20 Å². The van der Waals surface area contributed by atoms with Crippen LogP contribution in [0, 0.1) is 5.82 Å². The van der Waals surface area contributed by atoms with Crippen LogP contribution < -0.4 is 10.6 Å². The summed E-state index contributed by atoms with van der Waals surface area (Å²) in [6.07, 6.45) is 1.12. The van der Waals surface area contributed by atoms with Gasteiger partial charge in [0, 0.05) is 18.6 Å². The van der Waals surface area contributed by atoms with E-state index in [1.54, 1.807) is 13.1 Å². The molecule has 0 bridgehead atoms. The van der Waals surface area contributed by atoms with E-state index in [0.717, 1.165) is 11.8 Å². The van der Waals surface area contributed by atoms with Gasteiger partial charge in [0.25, 0.3) is 0 Å². The number of nitrogens with one attached hydrogen (secondary N) is 2. The van der Waals surface area contributed by atoms with E-state index in [9.17, 15) is 4.39 Å². The minimum absolute atomic E-state index is 0.161. The first-order valence-corrected chi connectivity index (χ1v) is 5.75. The van der Waals surface area contributed by atoms with Crippen LogP contribution in [0.4, 0.5) is 16.2 Å². The Bertz CT molecular complexity index is 547. The van der Waals surface area contributed by atoms with Crippen molar-refractivity contribution in [2.24, 2.45) is 0 Å². The van der Waals surface area contributed by atoms with Gasteiger partial charge in [0.1, 0.15) is 0 Å². The summed E-state index contributed by atoms with van der Waals surface area (Å²) in [6, 6.07) is 7.34. The molecule has 18 heavy (non-hydrogen) atoms. The largest absolute Gasteiger partial charge is 0.363 e. The van der Waals surface area contributed by atoms with Gasteiger partial charge in [0.15, 0.2) is 11.6 Å². The average Bonchev–Trinajstić information content (AvgIpc) is 2.38. The number of nitrogens with zero attached hydrogens (tertiary/aromatic N) is 2. The average molecular weight is 267 g/mol. The van der Waals surface area contributed by atoms with Crippen LogP contribution in [-0.4, -0.2) is 17.0 Å². The van der Waals surface area contributed by atoms with Gasteiger partial charge in [0.2, 0.25) is 5.95 Å². The standard InChI is InChI=1S/C12H12ClFN4/c1-15-12-17-7-10(14)11(18-12)16-6-8-3-2-4-9(13)5-8/h2-5,7H,6H2,1H3,(H2,15,16,17,18). The second-order valence-corrected chi connectivity index (χ2v) is 4.06. The molecular weight excluding hydrogens is 255 g/mol. The van der Waals surface area contributed by atoms with Gasteiger partial charge in [-0.15, -0.1) is 0 Å². The number of hydrogen-bond donors (Lipinski definition) is 2. The van der Waals surface area contributed by atoms with E-state index in [2.05, 4.69) is 20.6 Å². The van der Waals surface area contributed by atoms with Gasteiger partial charge in [-0.3, -0.25) is 0 Å². The highest BCUT2D eigenvalue weighted by Gasteiger charge is 2.05. The molecule has 0 fully saturated rings. The summed E-state index contributed by atoms with van der Waals surface area (Å²) in [5, 5.41) is 6.30. The molecule has 6 heteroatoms. The predicted molar refractivity (Wildman–Crippen MR) is 70.3 cm³/mol. The molecule has 1 aromatic carbocycles. The normalized spacial score (nSPS) is 10.2. The third kappa shape index (κ3) is 3.07. The van der Waals surface area contributed by atoms with Crippen molar-refractivity contribution in [1.82, 2.24) is 9.97 Å². The molecule has 0 aliphatic carbocycles. The maximum atomic E-state index is 13.4. The summed E-state index contributed by atoms with van der Waals surface area (Å²) in [5.74, 6) is 0.0374. The van der Waals surface area contributed by atoms with Crippen molar-refractivity contribution in [2.75, 3.05) is 17.7 Å². The molecule has 0 amide bonds. The third-order valence-corrected chi connectivity index (χ3v) is 2.55. The summed E-state index contributed by atoms with van der Waals surface area (Å²) in [5.41, 5.74) is 0.950. The molecule has 0 radical (unpaired) electrons. The highest BCUT2D eigenvalue weighted by atomic mass is 35.5. The highest BCUT2D eigenvalue weighted by Crippen LogP contribution is 2.15. The monoisotopic (exact) mass is 266 g/mol. The van der Waals surface area contributed by atoms with E-state index < -0.39 is 5.82 Å². The van der Waals surface area contributed by atoms with Crippen molar-refractivity contribution in [1.29, 1.82) is 0 Å². The van der Waals surface area contributed by atoms with Crippen LogP contribution in [0.15, 0.2) is 30.5 Å². The third-order valence-electron chi connectivity index (χ3n) is 2.32. The summed E-state index contributed by atoms with van der Waals surface area (Å²) >= 11 is 5.87. The van der Waals surface area contributed by atoms with E-state index in [1.165, 1.54) is 0 Å². The summed E-state index contributed by atoms with van der Waals surface area (Å²) in [7, 11) is 1.67. The van der Waals surface area contributed by atoms with Crippen LogP contribution in [0.3, 0.4) is 0 Å². The number of anilines is 2. The number of rotatable bonds is 4. The van der Waals surface area contributed by atoms with E-state index in [4.69, 9.17) is 11.6 Å². The van der Waals surface area contributed by atoms with Crippen LogP contribution in [0.2, 0.25) is 5.02 Å². The first-order chi connectivity index (χ1) is 8.69. The second kappa shape index (κ2) is 5.64. The molecule has 0 unspecified atom stereocenters. The lowest BCUT2D eigenvalue weighted by Crippen LogP contribution is -2.06. The van der Waals surface area contributed by atoms with Gasteiger partial charge in [-0.25, -0.2) is 9.37 Å². The number of hydrogen-bond acceptors (Lipinski definition) is 4. The molecule has 0 aliphatic heterocycles. The van der Waals surface area contributed by atoms with Crippen LogP contribution in [0.25, 0.3) is 0 Å². The lowest BCUT2D eigenvalue weighted by Gasteiger charge is -2.08. The molecule has 0 saturated heterocycles. The molecule has 0 spiro atoms. The van der Waals surface area contributed by atoms with Crippen molar-refractivity contribution in [3.63, 3.8) is 0 Å². The Labute approximate surface area is 109 Å². The zero-order valence-electron chi connectivity index (χ0n) is 9.74. The molecule has 2 N–H and O–H groups in total. The number of benzene rings is 1. The lowest BCUT2D eigenvalue weighted by molar-refractivity contribution is 0.617. The Morgan fingerprint density at radius 1 is 1.39 bits per heavy atom. The summed E-state index contributed by atoms with van der Waals surface area (Å²) < 4.78 is 13.4. The summed E-state index contributed by atoms with van der Waals surface area (Å²) in [4.78, 5) is 7.76. The fraction of sp³-hybridized carbons (Fsp3) is 0.167. The Kier molecular flexibility index (Phi) is 3.94. The lowest BCUT2D eigenvalue weighted by atomic mass is 10.2. The van der Waals surface area contributed by atoms with Gasteiger partial charge in [-0.05, 0) is 17.7 Å². The number of aromatic nitrogens is 2. The molecule has 0 saturated carbocycles. The zero-order chi connectivity index (χ0) is 13.0. The van der Waals surface area contributed by atoms with Crippen molar-refractivity contribution in [2.45, 2.75) is 6.54 Å². The van der Waals surface area contributed by atoms with Crippen molar-refractivity contribution >= 4 is 23.4 Å². The van der Waals surface area contributed by atoms with Gasteiger partial charge < -0.3 is 10.6 Å². The van der Waals surface area contributed by atoms with E-state index in [-0.39, 0.29) is 5.82 Å². The summed E-state index contributed by atoms with van der Waals surface area (Å²) in [6.45, 7) is 0.442. The molecule has 94 valence electrons.